The van der Waals surface area contributed by atoms with E-state index in [4.69, 9.17) is 9.84 Å². The first-order valence-electron chi connectivity index (χ1n) is 7.09. The molecule has 0 amide bonds. The van der Waals surface area contributed by atoms with Gasteiger partial charge in [0, 0.05) is 0 Å². The number of alkyl halides is 1. The molecule has 0 aromatic carbocycles. The Hall–Kier alpha value is -2.93. The SMILES string of the molecule is O=[N+]([O-])c1nccn1CC(O)C[18F].O=[N+]([O-])c1nccn1CC1CO1. The third kappa shape index (κ3) is 5.29. The van der Waals surface area contributed by atoms with Gasteiger partial charge in [0.25, 0.3) is 0 Å². The van der Waals surface area contributed by atoms with Crippen LogP contribution in [0.4, 0.5) is 16.3 Å². The standard InChI is InChI=1S/C6H8FN3O3.C6H7N3O3/c7-3-5(11)4-9-2-1-8-6(9)10(12)13;10-9(11)6-7-1-2-8(6)3-5-4-12-5/h1-2,5,11H,3-4H2;1-2,5H,3-4H2/i7-1;. The largest absolute Gasteiger partial charge is 0.434 e. The van der Waals surface area contributed by atoms with Crippen molar-refractivity contribution >= 4 is 11.9 Å². The van der Waals surface area contributed by atoms with Gasteiger partial charge in [0.2, 0.25) is 0 Å². The average molecular weight is 357 g/mol. The Morgan fingerprint density at radius 1 is 1.24 bits per heavy atom. The van der Waals surface area contributed by atoms with E-state index in [9.17, 15) is 24.6 Å². The number of imidazole rings is 2. The number of aromatic nitrogens is 4. The van der Waals surface area contributed by atoms with Gasteiger partial charge in [0.1, 0.15) is 56.8 Å². The Morgan fingerprint density at radius 2 is 1.76 bits per heavy atom. The van der Waals surface area contributed by atoms with Crippen molar-refractivity contribution in [1.29, 1.82) is 0 Å². The molecule has 1 aliphatic rings. The van der Waals surface area contributed by atoms with Gasteiger partial charge in [-0.05, 0) is 9.85 Å². The van der Waals surface area contributed by atoms with Crippen LogP contribution in [0.5, 0.6) is 0 Å². The number of nitro groups is 2. The molecule has 1 aliphatic heterocycles. The molecule has 2 aromatic rings. The summed E-state index contributed by atoms with van der Waals surface area (Å²) in [5.74, 6) is -0.516. The summed E-state index contributed by atoms with van der Waals surface area (Å²) in [6, 6.07) is 0. The first-order valence-corrected chi connectivity index (χ1v) is 7.09. The minimum atomic E-state index is -1.23. The maximum absolute atomic E-state index is 11.9. The molecule has 0 radical (unpaired) electrons. The predicted octanol–water partition coefficient (Wildman–Crippen LogP) is 0.312. The number of hydrogen-bond donors (Lipinski definition) is 1. The van der Waals surface area contributed by atoms with Gasteiger partial charge < -0.3 is 30.1 Å². The number of hydrogen-bond acceptors (Lipinski definition) is 8. The fourth-order valence-corrected chi connectivity index (χ4v) is 1.90. The van der Waals surface area contributed by atoms with Crippen molar-refractivity contribution in [1.82, 2.24) is 19.1 Å². The maximum Gasteiger partial charge on any atom is 0.434 e. The Labute approximate surface area is 139 Å². The third-order valence-corrected chi connectivity index (χ3v) is 3.10. The molecule has 13 heteroatoms. The number of epoxide rings is 1. The lowest BCUT2D eigenvalue weighted by Crippen LogP contribution is -2.18. The van der Waals surface area contributed by atoms with E-state index >= 15 is 0 Å². The lowest BCUT2D eigenvalue weighted by Gasteiger charge is -2.04. The summed E-state index contributed by atoms with van der Waals surface area (Å²) < 4.78 is 19.4. The van der Waals surface area contributed by atoms with E-state index in [0.717, 1.165) is 4.57 Å². The van der Waals surface area contributed by atoms with E-state index < -0.39 is 28.6 Å². The van der Waals surface area contributed by atoms with Gasteiger partial charge in [0.15, 0.2) is 0 Å². The van der Waals surface area contributed by atoms with Gasteiger partial charge in [-0.3, -0.25) is 0 Å². The molecule has 0 bridgehead atoms. The predicted molar refractivity (Wildman–Crippen MR) is 79.5 cm³/mol. The molecular formula is C12H15FN6O6. The zero-order valence-electron chi connectivity index (χ0n) is 12.8. The van der Waals surface area contributed by atoms with Crippen molar-refractivity contribution in [3.63, 3.8) is 0 Å². The fraction of sp³-hybridized carbons (Fsp3) is 0.500. The monoisotopic (exact) mass is 357 g/mol. The molecule has 136 valence electrons. The van der Waals surface area contributed by atoms with Crippen molar-refractivity contribution in [2.45, 2.75) is 25.3 Å². The van der Waals surface area contributed by atoms with Crippen LogP contribution in [0, 0.1) is 20.2 Å². The number of aliphatic hydroxyl groups is 1. The Kier molecular flexibility index (Phi) is 6.08. The molecule has 0 saturated carbocycles. The maximum atomic E-state index is 11.9. The van der Waals surface area contributed by atoms with E-state index in [1.54, 1.807) is 6.20 Å². The summed E-state index contributed by atoms with van der Waals surface area (Å²) >= 11 is 0. The number of nitrogens with zero attached hydrogens (tertiary/aromatic N) is 6. The van der Waals surface area contributed by atoms with Crippen LogP contribution in [0.1, 0.15) is 0 Å². The second kappa shape index (κ2) is 8.25. The summed E-state index contributed by atoms with van der Waals surface area (Å²) in [7, 11) is 0. The summed E-state index contributed by atoms with van der Waals surface area (Å²) in [5, 5.41) is 29.6. The molecule has 2 aromatic heterocycles. The van der Waals surface area contributed by atoms with E-state index in [1.165, 1.54) is 23.2 Å². The van der Waals surface area contributed by atoms with Crippen molar-refractivity contribution in [2.24, 2.45) is 0 Å². The highest BCUT2D eigenvalue weighted by Crippen LogP contribution is 2.15. The lowest BCUT2D eigenvalue weighted by atomic mass is 10.4. The number of aliphatic hydroxyl groups excluding tert-OH is 1. The fourth-order valence-electron chi connectivity index (χ4n) is 1.90. The normalized spacial score (nSPS) is 16.6. The van der Waals surface area contributed by atoms with E-state index in [-0.39, 0.29) is 18.6 Å². The molecule has 1 fully saturated rings. The van der Waals surface area contributed by atoms with Crippen molar-refractivity contribution in [2.75, 3.05) is 13.3 Å². The highest BCUT2D eigenvalue weighted by Gasteiger charge is 2.27. The van der Waals surface area contributed by atoms with Crippen LogP contribution in [0.3, 0.4) is 0 Å². The molecule has 3 rings (SSSR count). The molecule has 2 atom stereocenters. The number of halogens is 1. The molecule has 0 aliphatic carbocycles. The van der Waals surface area contributed by atoms with Crippen LogP contribution in [0.2, 0.25) is 0 Å². The van der Waals surface area contributed by atoms with Gasteiger partial charge in [-0.15, -0.1) is 0 Å². The van der Waals surface area contributed by atoms with Crippen LogP contribution in [-0.4, -0.2) is 59.5 Å². The van der Waals surface area contributed by atoms with Crippen LogP contribution >= 0.6 is 0 Å². The number of rotatable bonds is 7. The number of ether oxygens (including phenoxy) is 1. The smallest absolute Gasteiger partial charge is 0.390 e. The van der Waals surface area contributed by atoms with Crippen LogP contribution in [0.15, 0.2) is 24.8 Å². The highest BCUT2D eigenvalue weighted by atomic mass is 18.2. The molecule has 12 nitrogen and oxygen atoms in total. The molecular weight excluding hydrogens is 342 g/mol. The van der Waals surface area contributed by atoms with Gasteiger partial charge in [-0.2, -0.15) is 0 Å². The van der Waals surface area contributed by atoms with Crippen LogP contribution < -0.4 is 0 Å². The van der Waals surface area contributed by atoms with Gasteiger partial charge in [-0.1, -0.05) is 9.97 Å². The Balaban J connectivity index is 0.000000181. The lowest BCUT2D eigenvalue weighted by molar-refractivity contribution is -0.397. The molecule has 25 heavy (non-hydrogen) atoms. The average Bonchev–Trinajstić information content (AvgIpc) is 3.06. The second-order valence-electron chi connectivity index (χ2n) is 5.04. The third-order valence-electron chi connectivity index (χ3n) is 3.10. The van der Waals surface area contributed by atoms with Crippen LogP contribution in [-0.2, 0) is 17.8 Å². The first-order chi connectivity index (χ1) is 11.9. The molecule has 2 unspecified atom stereocenters. The molecule has 1 N–H and O–H groups in total. The first kappa shape index (κ1) is 18.4. The van der Waals surface area contributed by atoms with Gasteiger partial charge in [-0.25, -0.2) is 13.5 Å². The quantitative estimate of drug-likeness (QED) is 0.422. The zero-order valence-corrected chi connectivity index (χ0v) is 12.8. The van der Waals surface area contributed by atoms with Crippen molar-refractivity contribution in [3.05, 3.63) is 45.0 Å². The summed E-state index contributed by atoms with van der Waals surface area (Å²) in [4.78, 5) is 26.5. The molecule has 3 heterocycles. The van der Waals surface area contributed by atoms with Crippen molar-refractivity contribution in [3.8, 4) is 0 Å². The van der Waals surface area contributed by atoms with Gasteiger partial charge >= 0.3 is 11.9 Å². The van der Waals surface area contributed by atoms with Gasteiger partial charge in [0.05, 0.1) is 6.61 Å². The summed E-state index contributed by atoms with van der Waals surface area (Å²) in [6.45, 7) is 0.119. The minimum absolute atomic E-state index is 0.120. The molecule has 0 spiro atoms. The Morgan fingerprint density at radius 3 is 2.24 bits per heavy atom. The highest BCUT2D eigenvalue weighted by molar-refractivity contribution is 5.07. The second-order valence-corrected chi connectivity index (χ2v) is 5.04. The summed E-state index contributed by atoms with van der Waals surface area (Å²) in [6.07, 6.45) is 4.45. The van der Waals surface area contributed by atoms with E-state index in [1.807, 2.05) is 0 Å². The van der Waals surface area contributed by atoms with E-state index in [2.05, 4.69) is 9.97 Å². The van der Waals surface area contributed by atoms with E-state index in [0.29, 0.717) is 13.2 Å². The minimum Gasteiger partial charge on any atom is -0.390 e. The molecule has 1 saturated heterocycles. The van der Waals surface area contributed by atoms with Crippen LogP contribution in [0.25, 0.3) is 0 Å². The summed E-state index contributed by atoms with van der Waals surface area (Å²) in [5.41, 5.74) is 0. The zero-order chi connectivity index (χ0) is 18.4. The topological polar surface area (TPSA) is 155 Å². The Bertz CT molecular complexity index is 729. The van der Waals surface area contributed by atoms with Crippen molar-refractivity contribution < 1.29 is 24.1 Å².